The van der Waals surface area contributed by atoms with Crippen LogP contribution in [0.25, 0.3) is 0 Å². The lowest BCUT2D eigenvalue weighted by Gasteiger charge is -2.04. The fourth-order valence-corrected chi connectivity index (χ4v) is 3.50. The van der Waals surface area contributed by atoms with Crippen LogP contribution in [0.2, 0.25) is 0 Å². The Labute approximate surface area is 120 Å². The molecule has 0 radical (unpaired) electrons. The van der Waals surface area contributed by atoms with Gasteiger partial charge in [-0.1, -0.05) is 0 Å². The highest BCUT2D eigenvalue weighted by Crippen LogP contribution is 2.41. The van der Waals surface area contributed by atoms with Crippen LogP contribution in [0.5, 0.6) is 11.5 Å². The molecule has 2 rings (SSSR count). The van der Waals surface area contributed by atoms with Gasteiger partial charge in [0.2, 0.25) is 0 Å². The SMILES string of the molecule is Cc1cc(O)c(SSc2c(O)cc(C)oc2=O)c(=O)o1. The van der Waals surface area contributed by atoms with Crippen LogP contribution in [-0.2, 0) is 0 Å². The van der Waals surface area contributed by atoms with Gasteiger partial charge in [-0.15, -0.1) is 0 Å². The normalized spacial score (nSPS) is 10.7. The van der Waals surface area contributed by atoms with Gasteiger partial charge in [0.25, 0.3) is 0 Å². The van der Waals surface area contributed by atoms with Gasteiger partial charge in [-0.2, -0.15) is 0 Å². The molecule has 0 saturated carbocycles. The lowest BCUT2D eigenvalue weighted by atomic mass is 10.4. The molecule has 8 heteroatoms. The maximum atomic E-state index is 11.6. The van der Waals surface area contributed by atoms with E-state index in [-0.39, 0.29) is 32.8 Å². The van der Waals surface area contributed by atoms with E-state index in [9.17, 15) is 19.8 Å². The predicted octanol–water partition coefficient (Wildman–Crippen LogP) is 2.42. The fraction of sp³-hybridized carbons (Fsp3) is 0.167. The van der Waals surface area contributed by atoms with Gasteiger partial charge < -0.3 is 19.0 Å². The molecule has 0 bridgehead atoms. The quantitative estimate of drug-likeness (QED) is 0.833. The highest BCUT2D eigenvalue weighted by atomic mass is 33.1. The van der Waals surface area contributed by atoms with Crippen molar-refractivity contribution in [1.82, 2.24) is 0 Å². The summed E-state index contributed by atoms with van der Waals surface area (Å²) in [7, 11) is 1.62. The van der Waals surface area contributed by atoms with Crippen molar-refractivity contribution in [1.29, 1.82) is 0 Å². The molecule has 2 heterocycles. The summed E-state index contributed by atoms with van der Waals surface area (Å²) in [5.41, 5.74) is -1.42. The van der Waals surface area contributed by atoms with E-state index in [1.807, 2.05) is 0 Å². The van der Waals surface area contributed by atoms with E-state index < -0.39 is 11.3 Å². The number of aryl methyl sites for hydroxylation is 2. The monoisotopic (exact) mass is 314 g/mol. The summed E-state index contributed by atoms with van der Waals surface area (Å²) >= 11 is 0. The second-order valence-corrected chi connectivity index (χ2v) is 6.03. The number of aromatic hydroxyl groups is 2. The third-order valence-corrected chi connectivity index (χ3v) is 4.65. The van der Waals surface area contributed by atoms with E-state index in [1.165, 1.54) is 26.0 Å². The maximum Gasteiger partial charge on any atom is 0.354 e. The van der Waals surface area contributed by atoms with Gasteiger partial charge >= 0.3 is 11.3 Å². The molecule has 2 N–H and O–H groups in total. The Morgan fingerprint density at radius 2 is 1.20 bits per heavy atom. The Kier molecular flexibility index (Phi) is 4.15. The third-order valence-electron chi connectivity index (χ3n) is 2.23. The van der Waals surface area contributed by atoms with Crippen LogP contribution in [0.3, 0.4) is 0 Å². The smallest absolute Gasteiger partial charge is 0.354 e. The zero-order valence-corrected chi connectivity index (χ0v) is 12.1. The number of hydrogen-bond acceptors (Lipinski definition) is 8. The van der Waals surface area contributed by atoms with Gasteiger partial charge in [0.05, 0.1) is 0 Å². The molecule has 6 nitrogen and oxygen atoms in total. The molecular weight excluding hydrogens is 304 g/mol. The molecule has 0 aromatic carbocycles. The Hall–Kier alpha value is -1.80. The minimum atomic E-state index is -0.712. The molecule has 0 aliphatic heterocycles. The molecule has 0 aliphatic rings. The average molecular weight is 314 g/mol. The van der Waals surface area contributed by atoms with Crippen LogP contribution in [0.1, 0.15) is 11.5 Å². The van der Waals surface area contributed by atoms with Crippen LogP contribution in [0, 0.1) is 13.8 Å². The van der Waals surface area contributed by atoms with Gasteiger partial charge in [0.1, 0.15) is 32.8 Å². The van der Waals surface area contributed by atoms with Crippen molar-refractivity contribution in [2.75, 3.05) is 0 Å². The van der Waals surface area contributed by atoms with Crippen molar-refractivity contribution in [3.63, 3.8) is 0 Å². The van der Waals surface area contributed by atoms with Crippen molar-refractivity contribution in [2.24, 2.45) is 0 Å². The second-order valence-electron chi connectivity index (χ2n) is 3.88. The molecule has 2 aromatic rings. The second kappa shape index (κ2) is 5.68. The van der Waals surface area contributed by atoms with E-state index >= 15 is 0 Å². The molecule has 0 amide bonds. The predicted molar refractivity (Wildman–Crippen MR) is 74.5 cm³/mol. The van der Waals surface area contributed by atoms with Crippen LogP contribution in [0.4, 0.5) is 0 Å². The molecule has 0 saturated heterocycles. The summed E-state index contributed by atoms with van der Waals surface area (Å²) < 4.78 is 9.69. The maximum absolute atomic E-state index is 11.6. The van der Waals surface area contributed by atoms with Crippen molar-refractivity contribution in [3.8, 4) is 11.5 Å². The molecule has 0 aliphatic carbocycles. The molecular formula is C12H10O6S2. The summed E-state index contributed by atoms with van der Waals surface area (Å²) in [4.78, 5) is 23.1. The molecule has 2 aromatic heterocycles. The zero-order chi connectivity index (χ0) is 14.9. The van der Waals surface area contributed by atoms with Crippen molar-refractivity contribution < 1.29 is 19.0 Å². The van der Waals surface area contributed by atoms with Crippen LogP contribution < -0.4 is 11.3 Å². The highest BCUT2D eigenvalue weighted by Gasteiger charge is 2.16. The van der Waals surface area contributed by atoms with Crippen LogP contribution >= 0.6 is 21.6 Å². The highest BCUT2D eigenvalue weighted by molar-refractivity contribution is 8.76. The number of rotatable bonds is 3. The number of hydrogen-bond donors (Lipinski definition) is 2. The Bertz CT molecular complexity index is 696. The minimum absolute atomic E-state index is 0.0556. The summed E-state index contributed by atoms with van der Waals surface area (Å²) in [6.45, 7) is 3.06. The summed E-state index contributed by atoms with van der Waals surface area (Å²) in [6.07, 6.45) is 0. The molecule has 0 unspecified atom stereocenters. The average Bonchev–Trinajstić information content (AvgIpc) is 2.30. The standard InChI is InChI=1S/C12H10O6S2/c1-5-3-7(13)9(11(15)17-5)19-20-10-8(14)4-6(2)18-12(10)16/h3-4,13-14H,1-2H3. The van der Waals surface area contributed by atoms with Crippen LogP contribution in [-0.4, -0.2) is 10.2 Å². The Morgan fingerprint density at radius 1 is 0.850 bits per heavy atom. The molecule has 0 spiro atoms. The largest absolute Gasteiger partial charge is 0.506 e. The van der Waals surface area contributed by atoms with Gasteiger partial charge in [0, 0.05) is 12.1 Å². The summed E-state index contributed by atoms with van der Waals surface area (Å²) in [6, 6.07) is 2.59. The molecule has 0 fully saturated rings. The van der Waals surface area contributed by atoms with Gasteiger partial charge in [-0.3, -0.25) is 0 Å². The van der Waals surface area contributed by atoms with E-state index in [1.54, 1.807) is 0 Å². The lowest BCUT2D eigenvalue weighted by molar-refractivity contribution is 0.410. The third kappa shape index (κ3) is 3.02. The van der Waals surface area contributed by atoms with Crippen molar-refractivity contribution in [3.05, 3.63) is 44.5 Å². The van der Waals surface area contributed by atoms with Crippen molar-refractivity contribution >= 4 is 21.6 Å². The lowest BCUT2D eigenvalue weighted by Crippen LogP contribution is -2.04. The topological polar surface area (TPSA) is 101 Å². The Balaban J connectivity index is 2.31. The first kappa shape index (κ1) is 14.6. The minimum Gasteiger partial charge on any atom is -0.506 e. The van der Waals surface area contributed by atoms with Gasteiger partial charge in [-0.05, 0) is 35.4 Å². The van der Waals surface area contributed by atoms with Crippen molar-refractivity contribution in [2.45, 2.75) is 23.6 Å². The summed E-state index contributed by atoms with van der Waals surface area (Å²) in [5.74, 6) is 0.0681. The van der Waals surface area contributed by atoms with Gasteiger partial charge in [0.15, 0.2) is 0 Å². The van der Waals surface area contributed by atoms with E-state index in [0.29, 0.717) is 0 Å². The summed E-state index contributed by atoms with van der Waals surface area (Å²) in [5, 5.41) is 19.3. The molecule has 0 atom stereocenters. The molecule has 106 valence electrons. The van der Waals surface area contributed by atoms with E-state index in [0.717, 1.165) is 21.6 Å². The Morgan fingerprint density at radius 3 is 1.50 bits per heavy atom. The van der Waals surface area contributed by atoms with E-state index in [2.05, 4.69) is 0 Å². The van der Waals surface area contributed by atoms with Gasteiger partial charge in [-0.25, -0.2) is 9.59 Å². The first-order valence-electron chi connectivity index (χ1n) is 5.40. The van der Waals surface area contributed by atoms with Crippen LogP contribution in [0.15, 0.2) is 40.3 Å². The molecule has 20 heavy (non-hydrogen) atoms. The van der Waals surface area contributed by atoms with E-state index in [4.69, 9.17) is 8.83 Å². The fourth-order valence-electron chi connectivity index (χ4n) is 1.41. The zero-order valence-electron chi connectivity index (χ0n) is 10.5. The first-order chi connectivity index (χ1) is 9.38. The first-order valence-corrected chi connectivity index (χ1v) is 7.55.